The van der Waals surface area contributed by atoms with Gasteiger partial charge in [-0.05, 0) is 6.42 Å². The molecule has 0 spiro atoms. The number of allylic oxidation sites excluding steroid dienone is 2. The van der Waals surface area contributed by atoms with Crippen LogP contribution in [-0.4, -0.2) is 24.9 Å². The predicted octanol–water partition coefficient (Wildman–Crippen LogP) is 1.60. The summed E-state index contributed by atoms with van der Waals surface area (Å²) in [6.45, 7) is 3.57. The minimum absolute atomic E-state index is 0.130. The fourth-order valence-corrected chi connectivity index (χ4v) is 0.559. The standard InChI is InChI=1S/C9H15NO/c1-4-5-6-7-8-9(11)10(2)3/h4,6-7H,1,5,8H2,2-3H3/b7-6+. The number of carbonyl (C=O) groups excluding carboxylic acids is 1. The van der Waals surface area contributed by atoms with Gasteiger partial charge in [-0.25, -0.2) is 0 Å². The van der Waals surface area contributed by atoms with E-state index in [-0.39, 0.29) is 5.91 Å². The van der Waals surface area contributed by atoms with Gasteiger partial charge in [0.1, 0.15) is 0 Å². The van der Waals surface area contributed by atoms with Crippen molar-refractivity contribution in [2.24, 2.45) is 0 Å². The molecular weight excluding hydrogens is 138 g/mol. The molecule has 0 saturated heterocycles. The largest absolute Gasteiger partial charge is 0.349 e. The Bertz CT molecular complexity index is 159. The molecule has 0 aromatic rings. The molecule has 0 aliphatic heterocycles. The highest BCUT2D eigenvalue weighted by Crippen LogP contribution is 1.91. The first-order chi connectivity index (χ1) is 5.18. The predicted molar refractivity (Wildman–Crippen MR) is 47.3 cm³/mol. The van der Waals surface area contributed by atoms with Crippen molar-refractivity contribution in [1.29, 1.82) is 0 Å². The van der Waals surface area contributed by atoms with Gasteiger partial charge >= 0.3 is 0 Å². The van der Waals surface area contributed by atoms with Crippen molar-refractivity contribution in [2.45, 2.75) is 12.8 Å². The molecule has 0 aromatic carbocycles. The van der Waals surface area contributed by atoms with Crippen LogP contribution >= 0.6 is 0 Å². The van der Waals surface area contributed by atoms with E-state index in [4.69, 9.17) is 0 Å². The zero-order valence-corrected chi connectivity index (χ0v) is 7.21. The SMILES string of the molecule is C=CC/C=C/CC(=O)N(C)C. The Balaban J connectivity index is 3.53. The summed E-state index contributed by atoms with van der Waals surface area (Å²) >= 11 is 0. The van der Waals surface area contributed by atoms with Crippen LogP contribution in [0.2, 0.25) is 0 Å². The van der Waals surface area contributed by atoms with Crippen LogP contribution in [0.25, 0.3) is 0 Å². The van der Waals surface area contributed by atoms with Crippen LogP contribution in [-0.2, 0) is 4.79 Å². The summed E-state index contributed by atoms with van der Waals surface area (Å²) in [5.41, 5.74) is 0. The second kappa shape index (κ2) is 5.71. The molecule has 0 heterocycles. The number of amides is 1. The molecule has 2 heteroatoms. The Kier molecular flexibility index (Phi) is 5.17. The number of hydrogen-bond acceptors (Lipinski definition) is 1. The van der Waals surface area contributed by atoms with E-state index < -0.39 is 0 Å². The first-order valence-electron chi connectivity index (χ1n) is 3.64. The minimum Gasteiger partial charge on any atom is -0.349 e. The Hall–Kier alpha value is -1.05. The van der Waals surface area contributed by atoms with Crippen molar-refractivity contribution >= 4 is 5.91 Å². The van der Waals surface area contributed by atoms with Crippen LogP contribution < -0.4 is 0 Å². The van der Waals surface area contributed by atoms with Crippen LogP contribution in [0.3, 0.4) is 0 Å². The lowest BCUT2D eigenvalue weighted by atomic mass is 10.3. The lowest BCUT2D eigenvalue weighted by Gasteiger charge is -2.06. The van der Waals surface area contributed by atoms with Gasteiger partial charge in [-0.3, -0.25) is 4.79 Å². The summed E-state index contributed by atoms with van der Waals surface area (Å²) in [6, 6.07) is 0. The summed E-state index contributed by atoms with van der Waals surface area (Å²) in [5.74, 6) is 0.130. The zero-order valence-electron chi connectivity index (χ0n) is 7.21. The van der Waals surface area contributed by atoms with Crippen molar-refractivity contribution in [3.05, 3.63) is 24.8 Å². The van der Waals surface area contributed by atoms with Gasteiger partial charge in [0.05, 0.1) is 0 Å². The van der Waals surface area contributed by atoms with E-state index in [1.807, 2.05) is 12.2 Å². The number of carbonyl (C=O) groups is 1. The fraction of sp³-hybridized carbons (Fsp3) is 0.444. The molecule has 62 valence electrons. The highest BCUT2D eigenvalue weighted by Gasteiger charge is 1.97. The summed E-state index contributed by atoms with van der Waals surface area (Å²) in [5, 5.41) is 0. The quantitative estimate of drug-likeness (QED) is 0.562. The first-order valence-corrected chi connectivity index (χ1v) is 3.64. The molecule has 0 unspecified atom stereocenters. The average Bonchev–Trinajstić information content (AvgIpc) is 1.97. The van der Waals surface area contributed by atoms with Crippen molar-refractivity contribution in [3.8, 4) is 0 Å². The normalized spacial score (nSPS) is 10.0. The van der Waals surface area contributed by atoms with Crippen LogP contribution in [0.15, 0.2) is 24.8 Å². The lowest BCUT2D eigenvalue weighted by Crippen LogP contribution is -2.20. The molecule has 1 amide bonds. The molecule has 2 nitrogen and oxygen atoms in total. The van der Waals surface area contributed by atoms with E-state index in [9.17, 15) is 4.79 Å². The molecule has 0 atom stereocenters. The van der Waals surface area contributed by atoms with E-state index in [0.717, 1.165) is 6.42 Å². The van der Waals surface area contributed by atoms with Crippen LogP contribution in [0.4, 0.5) is 0 Å². The molecule has 11 heavy (non-hydrogen) atoms. The second-order valence-corrected chi connectivity index (χ2v) is 2.49. The maximum Gasteiger partial charge on any atom is 0.225 e. The highest BCUT2D eigenvalue weighted by atomic mass is 16.2. The van der Waals surface area contributed by atoms with Gasteiger partial charge in [-0.15, -0.1) is 6.58 Å². The van der Waals surface area contributed by atoms with E-state index in [0.29, 0.717) is 6.42 Å². The summed E-state index contributed by atoms with van der Waals surface area (Å²) in [7, 11) is 3.51. The van der Waals surface area contributed by atoms with Gasteiger partial charge in [0.2, 0.25) is 5.91 Å². The highest BCUT2D eigenvalue weighted by molar-refractivity contribution is 5.76. The maximum absolute atomic E-state index is 11.0. The molecule has 0 bridgehead atoms. The van der Waals surface area contributed by atoms with Crippen molar-refractivity contribution < 1.29 is 4.79 Å². The Labute approximate surface area is 68.2 Å². The second-order valence-electron chi connectivity index (χ2n) is 2.49. The minimum atomic E-state index is 0.130. The molecule has 0 saturated carbocycles. The van der Waals surface area contributed by atoms with Gasteiger partial charge in [0.25, 0.3) is 0 Å². The van der Waals surface area contributed by atoms with E-state index >= 15 is 0 Å². The molecule has 0 N–H and O–H groups in total. The third kappa shape index (κ3) is 5.40. The van der Waals surface area contributed by atoms with E-state index in [1.54, 1.807) is 25.1 Å². The topological polar surface area (TPSA) is 20.3 Å². The van der Waals surface area contributed by atoms with E-state index in [2.05, 4.69) is 6.58 Å². The molecule has 0 fully saturated rings. The van der Waals surface area contributed by atoms with Gasteiger partial charge in [-0.2, -0.15) is 0 Å². The molecule has 0 rings (SSSR count). The van der Waals surface area contributed by atoms with Gasteiger partial charge in [0, 0.05) is 20.5 Å². The maximum atomic E-state index is 11.0. The smallest absolute Gasteiger partial charge is 0.225 e. The van der Waals surface area contributed by atoms with Crippen LogP contribution in [0.5, 0.6) is 0 Å². The molecule has 0 aliphatic carbocycles. The number of rotatable bonds is 4. The van der Waals surface area contributed by atoms with Gasteiger partial charge in [-0.1, -0.05) is 18.2 Å². The Morgan fingerprint density at radius 3 is 2.55 bits per heavy atom. The molecule has 0 aliphatic rings. The summed E-state index contributed by atoms with van der Waals surface area (Å²) in [4.78, 5) is 12.5. The fourth-order valence-electron chi connectivity index (χ4n) is 0.559. The van der Waals surface area contributed by atoms with Crippen molar-refractivity contribution in [2.75, 3.05) is 14.1 Å². The zero-order chi connectivity index (χ0) is 8.69. The molecule has 0 aromatic heterocycles. The van der Waals surface area contributed by atoms with Gasteiger partial charge in [0.15, 0.2) is 0 Å². The third-order valence-electron chi connectivity index (χ3n) is 1.26. The summed E-state index contributed by atoms with van der Waals surface area (Å²) < 4.78 is 0. The Morgan fingerprint density at radius 2 is 2.09 bits per heavy atom. The Morgan fingerprint density at radius 1 is 1.45 bits per heavy atom. The number of nitrogens with zero attached hydrogens (tertiary/aromatic N) is 1. The molecular formula is C9H15NO. The van der Waals surface area contributed by atoms with Crippen LogP contribution in [0, 0.1) is 0 Å². The van der Waals surface area contributed by atoms with Crippen molar-refractivity contribution in [1.82, 2.24) is 4.90 Å². The lowest BCUT2D eigenvalue weighted by molar-refractivity contribution is -0.127. The first kappa shape index (κ1) is 9.95. The molecule has 0 radical (unpaired) electrons. The van der Waals surface area contributed by atoms with Crippen LogP contribution in [0.1, 0.15) is 12.8 Å². The van der Waals surface area contributed by atoms with E-state index in [1.165, 1.54) is 0 Å². The summed E-state index contributed by atoms with van der Waals surface area (Å²) in [6.07, 6.45) is 6.93. The average molecular weight is 153 g/mol. The van der Waals surface area contributed by atoms with Gasteiger partial charge < -0.3 is 4.90 Å². The third-order valence-corrected chi connectivity index (χ3v) is 1.26. The monoisotopic (exact) mass is 153 g/mol. The van der Waals surface area contributed by atoms with Crippen molar-refractivity contribution in [3.63, 3.8) is 0 Å². The number of hydrogen-bond donors (Lipinski definition) is 0.